The first-order valence-corrected chi connectivity index (χ1v) is 7.92. The molecular weight excluding hydrogens is 260 g/mol. The molecule has 108 valence electrons. The summed E-state index contributed by atoms with van der Waals surface area (Å²) in [5.41, 5.74) is 1.07. The molecule has 2 N–H and O–H groups in total. The Morgan fingerprint density at radius 1 is 1.53 bits per heavy atom. The van der Waals surface area contributed by atoms with Crippen molar-refractivity contribution in [3.8, 4) is 0 Å². The molecule has 0 aliphatic carbocycles. The van der Waals surface area contributed by atoms with Crippen molar-refractivity contribution in [3.05, 3.63) is 16.1 Å². The average Bonchev–Trinajstić information content (AvgIpc) is 2.94. The first kappa shape index (κ1) is 14.9. The monoisotopic (exact) mass is 284 g/mol. The number of rotatable bonds is 6. The van der Waals surface area contributed by atoms with E-state index < -0.39 is 0 Å². The quantitative estimate of drug-likeness (QED) is 0.834. The molecule has 0 radical (unpaired) electrons. The van der Waals surface area contributed by atoms with E-state index in [1.165, 1.54) is 11.4 Å². The van der Waals surface area contributed by atoms with Crippen molar-refractivity contribution in [1.82, 2.24) is 9.88 Å². The Labute approximate surface area is 119 Å². The number of aliphatic hydroxyl groups excluding tert-OH is 2. The molecule has 0 spiro atoms. The van der Waals surface area contributed by atoms with Gasteiger partial charge in [-0.25, -0.2) is 4.98 Å². The number of aromatic nitrogens is 1. The standard InChI is InChI=1S/C14H24N2O2S/c1-10(2)3-4-14-15-11(9-19-14)6-16-7-13(18)5-12(16)8-17/h9-10,12-13,17-18H,3-8H2,1-2H3/t12-,13-/m0/s1. The summed E-state index contributed by atoms with van der Waals surface area (Å²) in [7, 11) is 0. The van der Waals surface area contributed by atoms with Crippen LogP contribution in [0.3, 0.4) is 0 Å². The van der Waals surface area contributed by atoms with Gasteiger partial charge in [-0.2, -0.15) is 0 Å². The highest BCUT2D eigenvalue weighted by Crippen LogP contribution is 2.22. The van der Waals surface area contributed by atoms with E-state index in [2.05, 4.69) is 29.1 Å². The number of hydrogen-bond donors (Lipinski definition) is 2. The van der Waals surface area contributed by atoms with Gasteiger partial charge >= 0.3 is 0 Å². The van der Waals surface area contributed by atoms with E-state index in [0.717, 1.165) is 18.7 Å². The Hall–Kier alpha value is -0.490. The number of aliphatic hydroxyl groups is 2. The molecule has 2 heterocycles. The van der Waals surface area contributed by atoms with Gasteiger partial charge in [0, 0.05) is 24.5 Å². The maximum Gasteiger partial charge on any atom is 0.0928 e. The largest absolute Gasteiger partial charge is 0.395 e. The van der Waals surface area contributed by atoms with E-state index in [0.29, 0.717) is 18.9 Å². The fourth-order valence-corrected chi connectivity index (χ4v) is 3.30. The van der Waals surface area contributed by atoms with Crippen molar-refractivity contribution in [2.24, 2.45) is 5.92 Å². The lowest BCUT2D eigenvalue weighted by Gasteiger charge is -2.20. The summed E-state index contributed by atoms with van der Waals surface area (Å²) >= 11 is 1.72. The zero-order valence-electron chi connectivity index (χ0n) is 11.7. The fraction of sp³-hybridized carbons (Fsp3) is 0.786. The van der Waals surface area contributed by atoms with E-state index in [4.69, 9.17) is 0 Å². The number of nitrogens with zero attached hydrogens (tertiary/aromatic N) is 2. The molecule has 0 aromatic carbocycles. The Kier molecular flexibility index (Phi) is 5.33. The fourth-order valence-electron chi connectivity index (χ4n) is 2.50. The second-order valence-corrected chi connectivity index (χ2v) is 6.76. The number of β-amino-alcohol motifs (C(OH)–C–C–N with tert-alkyl or cyclic N) is 1. The van der Waals surface area contributed by atoms with Gasteiger partial charge in [0.25, 0.3) is 0 Å². The molecule has 1 aliphatic heterocycles. The van der Waals surface area contributed by atoms with Crippen LogP contribution >= 0.6 is 11.3 Å². The van der Waals surface area contributed by atoms with Crippen LogP contribution in [0, 0.1) is 5.92 Å². The van der Waals surface area contributed by atoms with E-state index in [9.17, 15) is 10.2 Å². The summed E-state index contributed by atoms with van der Waals surface area (Å²) in [4.78, 5) is 6.78. The summed E-state index contributed by atoms with van der Waals surface area (Å²) in [6.07, 6.45) is 2.58. The van der Waals surface area contributed by atoms with Crippen molar-refractivity contribution >= 4 is 11.3 Å². The van der Waals surface area contributed by atoms with Gasteiger partial charge in [-0.3, -0.25) is 4.90 Å². The van der Waals surface area contributed by atoms with E-state index in [1.54, 1.807) is 11.3 Å². The summed E-state index contributed by atoms with van der Waals surface area (Å²) in [6.45, 7) is 5.95. The third kappa shape index (κ3) is 4.24. The molecule has 5 heteroatoms. The number of likely N-dealkylation sites (tertiary alicyclic amines) is 1. The van der Waals surface area contributed by atoms with Gasteiger partial charge in [0.05, 0.1) is 23.4 Å². The number of thiazole rings is 1. The molecule has 2 atom stereocenters. The van der Waals surface area contributed by atoms with Gasteiger partial charge < -0.3 is 10.2 Å². The zero-order chi connectivity index (χ0) is 13.8. The second kappa shape index (κ2) is 6.79. The lowest BCUT2D eigenvalue weighted by atomic mass is 10.1. The average molecular weight is 284 g/mol. The Bertz CT molecular complexity index is 395. The molecule has 0 amide bonds. The van der Waals surface area contributed by atoms with Crippen LogP contribution in [0.15, 0.2) is 5.38 Å². The van der Waals surface area contributed by atoms with Gasteiger partial charge in [0.2, 0.25) is 0 Å². The molecule has 1 fully saturated rings. The molecule has 4 nitrogen and oxygen atoms in total. The molecule has 0 saturated carbocycles. The van der Waals surface area contributed by atoms with Crippen LogP contribution in [-0.4, -0.2) is 45.4 Å². The SMILES string of the molecule is CC(C)CCc1nc(CN2C[C@@H](O)C[C@H]2CO)cs1. The van der Waals surface area contributed by atoms with E-state index >= 15 is 0 Å². The first-order chi connectivity index (χ1) is 9.08. The number of hydrogen-bond acceptors (Lipinski definition) is 5. The topological polar surface area (TPSA) is 56.6 Å². The summed E-state index contributed by atoms with van der Waals surface area (Å²) < 4.78 is 0. The van der Waals surface area contributed by atoms with E-state index in [-0.39, 0.29) is 18.8 Å². The Morgan fingerprint density at radius 2 is 2.32 bits per heavy atom. The summed E-state index contributed by atoms with van der Waals surface area (Å²) in [5, 5.41) is 22.3. The lowest BCUT2D eigenvalue weighted by Crippen LogP contribution is -2.32. The summed E-state index contributed by atoms with van der Waals surface area (Å²) in [6, 6.07) is 0.0795. The molecule has 0 unspecified atom stereocenters. The van der Waals surface area contributed by atoms with Crippen molar-refractivity contribution in [1.29, 1.82) is 0 Å². The van der Waals surface area contributed by atoms with Gasteiger partial charge in [0.15, 0.2) is 0 Å². The molecule has 0 bridgehead atoms. The Morgan fingerprint density at radius 3 is 3.00 bits per heavy atom. The number of aryl methyl sites for hydroxylation is 1. The summed E-state index contributed by atoms with van der Waals surface area (Å²) in [5.74, 6) is 0.708. The maximum absolute atomic E-state index is 9.66. The highest BCUT2D eigenvalue weighted by molar-refractivity contribution is 7.09. The normalized spacial score (nSPS) is 24.5. The van der Waals surface area contributed by atoms with Crippen molar-refractivity contribution in [3.63, 3.8) is 0 Å². The molecule has 1 aliphatic rings. The highest BCUT2D eigenvalue weighted by Gasteiger charge is 2.30. The first-order valence-electron chi connectivity index (χ1n) is 7.04. The van der Waals surface area contributed by atoms with Crippen LogP contribution in [0.5, 0.6) is 0 Å². The van der Waals surface area contributed by atoms with Gasteiger partial charge in [-0.1, -0.05) is 13.8 Å². The molecule has 1 aromatic rings. The van der Waals surface area contributed by atoms with E-state index in [1.807, 2.05) is 0 Å². The van der Waals surface area contributed by atoms with Crippen molar-refractivity contribution < 1.29 is 10.2 Å². The molecule has 2 rings (SSSR count). The smallest absolute Gasteiger partial charge is 0.0928 e. The van der Waals surface area contributed by atoms with Crippen molar-refractivity contribution in [2.75, 3.05) is 13.2 Å². The second-order valence-electron chi connectivity index (χ2n) is 5.82. The maximum atomic E-state index is 9.66. The molecular formula is C14H24N2O2S. The van der Waals surface area contributed by atoms with Crippen LogP contribution in [0.4, 0.5) is 0 Å². The van der Waals surface area contributed by atoms with Gasteiger partial charge in [0.1, 0.15) is 0 Å². The van der Waals surface area contributed by atoms with Crippen LogP contribution in [-0.2, 0) is 13.0 Å². The lowest BCUT2D eigenvalue weighted by molar-refractivity contribution is 0.149. The molecule has 1 aromatic heterocycles. The van der Waals surface area contributed by atoms with Crippen LogP contribution < -0.4 is 0 Å². The highest BCUT2D eigenvalue weighted by atomic mass is 32.1. The minimum atomic E-state index is -0.309. The van der Waals surface area contributed by atoms with Gasteiger partial charge in [-0.05, 0) is 25.2 Å². The Balaban J connectivity index is 1.89. The van der Waals surface area contributed by atoms with Gasteiger partial charge in [-0.15, -0.1) is 11.3 Å². The minimum Gasteiger partial charge on any atom is -0.395 e. The molecule has 19 heavy (non-hydrogen) atoms. The predicted octanol–water partition coefficient (Wildman–Crippen LogP) is 1.66. The van der Waals surface area contributed by atoms with Crippen LogP contribution in [0.25, 0.3) is 0 Å². The zero-order valence-corrected chi connectivity index (χ0v) is 12.6. The minimum absolute atomic E-state index is 0.0795. The van der Waals surface area contributed by atoms with Crippen LogP contribution in [0.1, 0.15) is 37.4 Å². The van der Waals surface area contributed by atoms with Crippen LogP contribution in [0.2, 0.25) is 0 Å². The van der Waals surface area contributed by atoms with Crippen molar-refractivity contribution in [2.45, 2.75) is 51.8 Å². The third-order valence-electron chi connectivity index (χ3n) is 3.62. The molecule has 1 saturated heterocycles. The third-order valence-corrected chi connectivity index (χ3v) is 4.57. The predicted molar refractivity (Wildman–Crippen MR) is 77.2 cm³/mol.